The summed E-state index contributed by atoms with van der Waals surface area (Å²) in [6.07, 6.45) is 1.27. The van der Waals surface area contributed by atoms with Gasteiger partial charge in [0.2, 0.25) is 0 Å². The van der Waals surface area contributed by atoms with Gasteiger partial charge in [0.1, 0.15) is 24.6 Å². The summed E-state index contributed by atoms with van der Waals surface area (Å²) in [6, 6.07) is 9.58. The maximum Gasteiger partial charge on any atom is 0.292 e. The molecule has 3 heterocycles. The third-order valence-corrected chi connectivity index (χ3v) is 24.4. The summed E-state index contributed by atoms with van der Waals surface area (Å²) in [4.78, 5) is 9.36. The van der Waals surface area contributed by atoms with E-state index in [4.69, 9.17) is 23.0 Å². The van der Waals surface area contributed by atoms with Crippen molar-refractivity contribution in [3.63, 3.8) is 0 Å². The lowest BCUT2D eigenvalue weighted by Crippen LogP contribution is -2.54. The number of fused-ring (bicyclic) bond motifs is 1. The van der Waals surface area contributed by atoms with Crippen molar-refractivity contribution in [3.05, 3.63) is 48.2 Å². The van der Waals surface area contributed by atoms with Gasteiger partial charge >= 0.3 is 0 Å². The molecule has 4 rings (SSSR count). The van der Waals surface area contributed by atoms with E-state index in [1.807, 2.05) is 34.9 Å². The molecule has 2 aromatic heterocycles. The average Bonchev–Trinajstić information content (AvgIpc) is 3.46. The van der Waals surface area contributed by atoms with Crippen LogP contribution >= 0.6 is 0 Å². The van der Waals surface area contributed by atoms with Crippen LogP contribution in [0.4, 0.5) is 0 Å². The molecule has 9 nitrogen and oxygen atoms in total. The summed E-state index contributed by atoms with van der Waals surface area (Å²) in [6.45, 7) is 34.3. The predicted octanol–water partition coefficient (Wildman–Crippen LogP) is 8.43. The molecule has 1 aliphatic rings. The molecule has 46 heavy (non-hydrogen) atoms. The minimum absolute atomic E-state index is 0.0208. The highest BCUT2D eigenvalue weighted by Crippen LogP contribution is 2.47. The summed E-state index contributed by atoms with van der Waals surface area (Å²) >= 11 is 0. The highest BCUT2D eigenvalue weighted by atomic mass is 28.4. The number of benzene rings is 1. The van der Waals surface area contributed by atoms with Crippen LogP contribution in [0.1, 0.15) is 68.5 Å². The van der Waals surface area contributed by atoms with Crippen LogP contribution < -0.4 is 4.73 Å². The van der Waals surface area contributed by atoms with Gasteiger partial charge in [-0.05, 0) is 59.4 Å². The molecule has 0 bridgehead atoms. The van der Waals surface area contributed by atoms with Gasteiger partial charge in [0.25, 0.3) is 12.0 Å². The summed E-state index contributed by atoms with van der Waals surface area (Å²) in [5.74, 6) is 0. The second-order valence-corrected chi connectivity index (χ2v) is 31.8. The van der Waals surface area contributed by atoms with Crippen molar-refractivity contribution in [3.8, 4) is 11.3 Å². The normalized spacial score (nSPS) is 22.2. The van der Waals surface area contributed by atoms with E-state index in [9.17, 15) is 5.21 Å². The molecule has 1 aromatic carbocycles. The van der Waals surface area contributed by atoms with Gasteiger partial charge in [-0.3, -0.25) is 4.57 Å². The topological polar surface area (TPSA) is 94.6 Å². The first kappa shape index (κ1) is 36.9. The quantitative estimate of drug-likeness (QED) is 0.127. The first-order valence-corrected chi connectivity index (χ1v) is 25.3. The van der Waals surface area contributed by atoms with E-state index in [1.54, 1.807) is 6.33 Å². The monoisotopic (exact) mass is 686 g/mol. The molecule has 0 radical (unpaired) electrons. The lowest BCUT2D eigenvalue weighted by Gasteiger charge is -2.44. The van der Waals surface area contributed by atoms with Crippen LogP contribution in [0.2, 0.25) is 54.4 Å². The molecule has 0 unspecified atom stereocenters. The fourth-order valence-electron chi connectivity index (χ4n) is 4.84. The minimum Gasteiger partial charge on any atom is -0.710 e. The van der Waals surface area contributed by atoms with Crippen LogP contribution in [-0.2, 0) is 18.0 Å². The van der Waals surface area contributed by atoms with Gasteiger partial charge in [-0.2, -0.15) is 0 Å². The SMILES string of the molecule is CC(C)(C)[Si](C)(C)OC[C@H]1O[C@@H](n2cnc3c(-c4ccccc4)[n+]([O-])cnc32)[C@H](O[Si](C)(C)C(C)(C)C)[C@@H]1O[Si](C)(C)C(C)(C)C. The van der Waals surface area contributed by atoms with E-state index in [0.717, 1.165) is 10.3 Å². The zero-order valence-electron chi connectivity index (χ0n) is 30.9. The number of hydrogen-bond acceptors (Lipinski definition) is 7. The standard InChI is InChI=1S/C34H58N4O5Si3/c1-32(2,3)44(10,11)40-21-25-28(42-45(12,13)33(4,5)6)29(43-46(14,15)34(7,8)9)31(41-25)37-22-35-26-27(24-19-17-16-18-20-24)38(39)23-36-30(26)37/h16-20,22-23,25,28-29,31H,21H2,1-15H3/t25-,28-,29-,31-/m1/s1. The second kappa shape index (κ2) is 12.5. The molecule has 256 valence electrons. The first-order chi connectivity index (χ1) is 20.9. The molecule has 4 atom stereocenters. The lowest BCUT2D eigenvalue weighted by atomic mass is 10.1. The van der Waals surface area contributed by atoms with Crippen molar-refractivity contribution in [1.82, 2.24) is 14.5 Å². The smallest absolute Gasteiger partial charge is 0.292 e. The van der Waals surface area contributed by atoms with Gasteiger partial charge in [0, 0.05) is 5.56 Å². The molecule has 0 amide bonds. The van der Waals surface area contributed by atoms with Gasteiger partial charge in [-0.15, -0.1) is 0 Å². The highest BCUT2D eigenvalue weighted by Gasteiger charge is 2.55. The number of aromatic nitrogens is 4. The highest BCUT2D eigenvalue weighted by molar-refractivity contribution is 6.75. The van der Waals surface area contributed by atoms with Crippen LogP contribution in [0.3, 0.4) is 0 Å². The summed E-state index contributed by atoms with van der Waals surface area (Å²) in [7, 11) is -6.72. The van der Waals surface area contributed by atoms with Crippen LogP contribution in [0.5, 0.6) is 0 Å². The van der Waals surface area contributed by atoms with Crippen molar-refractivity contribution < 1.29 is 22.7 Å². The van der Waals surface area contributed by atoms with Crippen LogP contribution in [-0.4, -0.2) is 64.4 Å². The summed E-state index contributed by atoms with van der Waals surface area (Å²) in [5.41, 5.74) is 2.31. The maximum absolute atomic E-state index is 13.1. The van der Waals surface area contributed by atoms with Crippen molar-refractivity contribution >= 4 is 36.1 Å². The molecular weight excluding hydrogens is 629 g/mol. The third-order valence-electron chi connectivity index (χ3n) is 11.0. The molecule has 0 spiro atoms. The maximum atomic E-state index is 13.1. The van der Waals surface area contributed by atoms with Gasteiger partial charge in [0.05, 0.1) is 6.61 Å². The second-order valence-electron chi connectivity index (χ2n) is 17.4. The fourth-order valence-corrected chi connectivity index (χ4v) is 8.46. The van der Waals surface area contributed by atoms with Crippen molar-refractivity contribution in [2.45, 2.75) is 141 Å². The van der Waals surface area contributed by atoms with Gasteiger partial charge in [0.15, 0.2) is 42.4 Å². The number of imidazole rings is 1. The molecular formula is C34H58N4O5Si3. The van der Waals surface area contributed by atoms with E-state index in [0.29, 0.717) is 23.5 Å². The summed E-state index contributed by atoms with van der Waals surface area (Å²) in [5, 5.41) is 13.0. The van der Waals surface area contributed by atoms with E-state index in [2.05, 4.69) is 107 Å². The fraction of sp³-hybridized carbons (Fsp3) is 0.676. The molecule has 0 saturated carbocycles. The zero-order valence-corrected chi connectivity index (χ0v) is 33.9. The molecule has 1 saturated heterocycles. The minimum atomic E-state index is -2.33. The molecule has 0 N–H and O–H groups in total. The van der Waals surface area contributed by atoms with E-state index < -0.39 is 37.3 Å². The van der Waals surface area contributed by atoms with E-state index in [1.165, 1.54) is 6.33 Å². The Morgan fingerprint density at radius 3 is 1.83 bits per heavy atom. The van der Waals surface area contributed by atoms with Crippen LogP contribution in [0, 0.1) is 5.21 Å². The van der Waals surface area contributed by atoms with Crippen LogP contribution in [0.25, 0.3) is 22.4 Å². The van der Waals surface area contributed by atoms with Crippen molar-refractivity contribution in [2.24, 2.45) is 0 Å². The molecule has 12 heteroatoms. The molecule has 3 aromatic rings. The third kappa shape index (κ3) is 7.23. The molecule has 1 aliphatic heterocycles. The Hall–Kier alpha value is -1.94. The molecule has 1 fully saturated rings. The molecule has 0 aliphatic carbocycles. The van der Waals surface area contributed by atoms with Crippen molar-refractivity contribution in [2.75, 3.05) is 6.61 Å². The Kier molecular flexibility index (Phi) is 10.0. The Labute approximate surface area is 280 Å². The largest absolute Gasteiger partial charge is 0.710 e. The zero-order chi connectivity index (χ0) is 34.7. The lowest BCUT2D eigenvalue weighted by molar-refractivity contribution is -0.595. The van der Waals surface area contributed by atoms with Crippen molar-refractivity contribution in [1.29, 1.82) is 0 Å². The Morgan fingerprint density at radius 1 is 0.783 bits per heavy atom. The van der Waals surface area contributed by atoms with Gasteiger partial charge < -0.3 is 23.2 Å². The first-order valence-electron chi connectivity index (χ1n) is 16.5. The van der Waals surface area contributed by atoms with Crippen LogP contribution in [0.15, 0.2) is 43.0 Å². The Balaban J connectivity index is 1.88. The number of ether oxygens (including phenoxy) is 1. The Morgan fingerprint density at radius 2 is 1.30 bits per heavy atom. The van der Waals surface area contributed by atoms with E-state index >= 15 is 0 Å². The number of rotatable bonds is 9. The Bertz CT molecular complexity index is 1510. The summed E-state index contributed by atoms with van der Waals surface area (Å²) < 4.78 is 31.2. The average molecular weight is 687 g/mol. The van der Waals surface area contributed by atoms with Gasteiger partial charge in [-0.1, -0.05) is 92.6 Å². The predicted molar refractivity (Wildman–Crippen MR) is 193 cm³/mol. The van der Waals surface area contributed by atoms with Gasteiger partial charge in [-0.25, -0.2) is 9.71 Å². The number of hydrogen-bond donors (Lipinski definition) is 0. The van der Waals surface area contributed by atoms with E-state index in [-0.39, 0.29) is 27.3 Å². The number of nitrogens with zero attached hydrogens (tertiary/aromatic N) is 4.